The van der Waals surface area contributed by atoms with Crippen LogP contribution in [-0.2, 0) is 6.18 Å². The van der Waals surface area contributed by atoms with Crippen LogP contribution in [0.2, 0.25) is 5.15 Å². The predicted octanol–water partition coefficient (Wildman–Crippen LogP) is 3.11. The van der Waals surface area contributed by atoms with Crippen molar-refractivity contribution in [1.82, 2.24) is 15.2 Å². The highest BCUT2D eigenvalue weighted by atomic mass is 35.5. The van der Waals surface area contributed by atoms with Gasteiger partial charge in [0.1, 0.15) is 5.15 Å². The molecule has 17 heavy (non-hydrogen) atoms. The second-order valence-corrected chi connectivity index (χ2v) is 3.56. The Morgan fingerprint density at radius 1 is 1.29 bits per heavy atom. The van der Waals surface area contributed by atoms with Gasteiger partial charge >= 0.3 is 6.18 Å². The molecule has 0 spiro atoms. The topological polar surface area (TPSA) is 51.8 Å². The number of aryl methyl sites for hydroxylation is 1. The third kappa shape index (κ3) is 2.38. The van der Waals surface area contributed by atoms with Gasteiger partial charge in [-0.3, -0.25) is 0 Å². The number of aromatic nitrogens is 3. The summed E-state index contributed by atoms with van der Waals surface area (Å²) in [7, 11) is 0. The van der Waals surface area contributed by atoms with Gasteiger partial charge in [-0.15, -0.1) is 10.2 Å². The standard InChI is InChI=1S/C9H5ClF3N3O/c1-4-15-16-8(17-4)5-2-7(10)14-3-6(5)9(11,12)13/h2-3H,1H3. The van der Waals surface area contributed by atoms with Crippen molar-refractivity contribution < 1.29 is 17.6 Å². The SMILES string of the molecule is Cc1nnc(-c2cc(Cl)ncc2C(F)(F)F)o1. The van der Waals surface area contributed by atoms with Gasteiger partial charge in [0.25, 0.3) is 0 Å². The smallest absolute Gasteiger partial charge is 0.418 e. The molecule has 0 N–H and O–H groups in total. The van der Waals surface area contributed by atoms with Crippen molar-refractivity contribution in [3.8, 4) is 11.5 Å². The highest BCUT2D eigenvalue weighted by molar-refractivity contribution is 6.29. The number of hydrogen-bond acceptors (Lipinski definition) is 4. The zero-order valence-corrected chi connectivity index (χ0v) is 9.17. The molecule has 0 amide bonds. The van der Waals surface area contributed by atoms with Gasteiger partial charge < -0.3 is 4.42 Å². The fraction of sp³-hybridized carbons (Fsp3) is 0.222. The molecule has 8 heteroatoms. The molecule has 0 radical (unpaired) electrons. The van der Waals surface area contributed by atoms with E-state index >= 15 is 0 Å². The molecule has 90 valence electrons. The number of hydrogen-bond donors (Lipinski definition) is 0. The minimum absolute atomic E-state index is 0.0798. The minimum atomic E-state index is -4.56. The van der Waals surface area contributed by atoms with E-state index in [1.54, 1.807) is 0 Å². The highest BCUT2D eigenvalue weighted by Gasteiger charge is 2.35. The molecule has 0 aliphatic carbocycles. The van der Waals surface area contributed by atoms with Crippen LogP contribution in [0, 0.1) is 6.92 Å². The fourth-order valence-electron chi connectivity index (χ4n) is 1.24. The summed E-state index contributed by atoms with van der Waals surface area (Å²) >= 11 is 5.56. The van der Waals surface area contributed by atoms with Crippen LogP contribution in [0.15, 0.2) is 16.7 Å². The van der Waals surface area contributed by atoms with Gasteiger partial charge in [-0.05, 0) is 6.07 Å². The Balaban J connectivity index is 2.63. The van der Waals surface area contributed by atoms with Crippen molar-refractivity contribution in [2.45, 2.75) is 13.1 Å². The summed E-state index contributed by atoms with van der Waals surface area (Å²) in [5.41, 5.74) is -1.25. The van der Waals surface area contributed by atoms with Crippen molar-refractivity contribution in [1.29, 1.82) is 0 Å². The first-order valence-corrected chi connectivity index (χ1v) is 4.79. The van der Waals surface area contributed by atoms with Gasteiger partial charge in [-0.2, -0.15) is 13.2 Å². The maximum absolute atomic E-state index is 12.7. The Morgan fingerprint density at radius 2 is 2.00 bits per heavy atom. The zero-order chi connectivity index (χ0) is 12.6. The quantitative estimate of drug-likeness (QED) is 0.742. The third-order valence-electron chi connectivity index (χ3n) is 1.93. The van der Waals surface area contributed by atoms with E-state index in [1.807, 2.05) is 0 Å². The molecule has 0 aliphatic heterocycles. The van der Waals surface area contributed by atoms with E-state index in [9.17, 15) is 13.2 Å². The van der Waals surface area contributed by atoms with Crippen molar-refractivity contribution in [3.63, 3.8) is 0 Å². The summed E-state index contributed by atoms with van der Waals surface area (Å²) in [5.74, 6) is -0.0693. The monoisotopic (exact) mass is 263 g/mol. The van der Waals surface area contributed by atoms with Gasteiger partial charge in [-0.25, -0.2) is 4.98 Å². The van der Waals surface area contributed by atoms with E-state index in [-0.39, 0.29) is 22.5 Å². The first kappa shape index (κ1) is 11.8. The molecular formula is C9H5ClF3N3O. The molecule has 0 fully saturated rings. The molecule has 0 saturated carbocycles. The van der Waals surface area contributed by atoms with E-state index in [2.05, 4.69) is 15.2 Å². The van der Waals surface area contributed by atoms with Crippen LogP contribution in [0.4, 0.5) is 13.2 Å². The number of halogens is 4. The number of pyridine rings is 1. The van der Waals surface area contributed by atoms with Gasteiger partial charge in [0, 0.05) is 13.1 Å². The van der Waals surface area contributed by atoms with Crippen LogP contribution in [0.25, 0.3) is 11.5 Å². The van der Waals surface area contributed by atoms with Gasteiger partial charge in [0.15, 0.2) is 0 Å². The third-order valence-corrected chi connectivity index (χ3v) is 2.14. The molecule has 2 heterocycles. The van der Waals surface area contributed by atoms with Crippen molar-refractivity contribution in [2.24, 2.45) is 0 Å². The normalized spacial score (nSPS) is 11.8. The maximum Gasteiger partial charge on any atom is 0.418 e. The molecule has 0 unspecified atom stereocenters. The van der Waals surface area contributed by atoms with Crippen LogP contribution in [0.3, 0.4) is 0 Å². The average molecular weight is 264 g/mol. The predicted molar refractivity (Wildman–Crippen MR) is 52.3 cm³/mol. The van der Waals surface area contributed by atoms with Crippen molar-refractivity contribution >= 4 is 11.6 Å². The zero-order valence-electron chi connectivity index (χ0n) is 8.42. The molecule has 4 nitrogen and oxygen atoms in total. The molecule has 0 atom stereocenters. The Hall–Kier alpha value is -1.63. The lowest BCUT2D eigenvalue weighted by Crippen LogP contribution is -2.08. The van der Waals surface area contributed by atoms with Crippen molar-refractivity contribution in [3.05, 3.63) is 28.9 Å². The first-order valence-electron chi connectivity index (χ1n) is 4.41. The lowest BCUT2D eigenvalue weighted by atomic mass is 10.1. The number of alkyl halides is 3. The van der Waals surface area contributed by atoms with Gasteiger partial charge in [0.05, 0.1) is 11.1 Å². The number of rotatable bonds is 1. The molecule has 0 saturated heterocycles. The molecule has 2 aromatic rings. The molecular weight excluding hydrogens is 259 g/mol. The number of nitrogens with zero attached hydrogens (tertiary/aromatic N) is 3. The van der Waals surface area contributed by atoms with Crippen LogP contribution in [0.1, 0.15) is 11.5 Å². The summed E-state index contributed by atoms with van der Waals surface area (Å²) in [4.78, 5) is 3.39. The van der Waals surface area contributed by atoms with Crippen LogP contribution >= 0.6 is 11.6 Å². The highest BCUT2D eigenvalue weighted by Crippen LogP contribution is 2.36. The van der Waals surface area contributed by atoms with E-state index in [0.29, 0.717) is 6.20 Å². The van der Waals surface area contributed by atoms with Gasteiger partial charge in [0.2, 0.25) is 11.8 Å². The maximum atomic E-state index is 12.7. The first-order chi connectivity index (χ1) is 7.88. The average Bonchev–Trinajstić information content (AvgIpc) is 2.62. The van der Waals surface area contributed by atoms with E-state index in [4.69, 9.17) is 16.0 Å². The minimum Gasteiger partial charge on any atom is -0.421 e. The lowest BCUT2D eigenvalue weighted by molar-refractivity contribution is -0.137. The van der Waals surface area contributed by atoms with E-state index in [1.165, 1.54) is 6.92 Å². The summed E-state index contributed by atoms with van der Waals surface area (Å²) in [5, 5.41) is 6.92. The van der Waals surface area contributed by atoms with Crippen LogP contribution < -0.4 is 0 Å². The molecule has 2 aromatic heterocycles. The lowest BCUT2D eigenvalue weighted by Gasteiger charge is -2.09. The summed E-state index contributed by atoms with van der Waals surface area (Å²) < 4.78 is 43.1. The van der Waals surface area contributed by atoms with Crippen LogP contribution in [-0.4, -0.2) is 15.2 Å². The summed E-state index contributed by atoms with van der Waals surface area (Å²) in [6.07, 6.45) is -3.92. The second-order valence-electron chi connectivity index (χ2n) is 3.18. The largest absolute Gasteiger partial charge is 0.421 e. The summed E-state index contributed by atoms with van der Waals surface area (Å²) in [6.45, 7) is 1.48. The van der Waals surface area contributed by atoms with Crippen LogP contribution in [0.5, 0.6) is 0 Å². The second kappa shape index (κ2) is 3.99. The summed E-state index contributed by atoms with van der Waals surface area (Å²) in [6, 6.07) is 1.04. The Kier molecular flexibility index (Phi) is 2.78. The van der Waals surface area contributed by atoms with E-state index in [0.717, 1.165) is 6.07 Å². The molecule has 2 rings (SSSR count). The van der Waals surface area contributed by atoms with E-state index < -0.39 is 11.7 Å². The van der Waals surface area contributed by atoms with Crippen molar-refractivity contribution in [2.75, 3.05) is 0 Å². The van der Waals surface area contributed by atoms with Gasteiger partial charge in [-0.1, -0.05) is 11.6 Å². The molecule has 0 aliphatic rings. The molecule has 0 aromatic carbocycles. The Morgan fingerprint density at radius 3 is 2.53 bits per heavy atom. The Bertz CT molecular complexity index is 553. The molecule has 0 bridgehead atoms. The fourth-order valence-corrected chi connectivity index (χ4v) is 1.40. The Labute approximate surface area is 98.4 Å².